The lowest BCUT2D eigenvalue weighted by molar-refractivity contribution is -0.117. The van der Waals surface area contributed by atoms with Gasteiger partial charge >= 0.3 is 6.09 Å². The number of aliphatic hydroxyl groups excluding tert-OH is 1. The fourth-order valence-corrected chi connectivity index (χ4v) is 4.56. The average molecular weight is 519 g/mol. The van der Waals surface area contributed by atoms with Crippen LogP contribution in [0.15, 0.2) is 42.5 Å². The minimum absolute atomic E-state index is 0.0340. The van der Waals surface area contributed by atoms with Gasteiger partial charge in [0.2, 0.25) is 5.91 Å². The van der Waals surface area contributed by atoms with Crippen LogP contribution < -0.4 is 20.5 Å². The van der Waals surface area contributed by atoms with Crippen molar-refractivity contribution in [2.45, 2.75) is 63.7 Å². The van der Waals surface area contributed by atoms with Gasteiger partial charge in [-0.3, -0.25) is 4.79 Å². The molecule has 1 aliphatic rings. The number of carbonyl (C=O) groups excluding carboxylic acids is 2. The standard InChI is InChI=1S/C27H35ClN2O6/c1-26(2,3)18(15-10-8-7-9-11-15)14-30-25(33)35-22-17-13-19(34-6)16(21(28)24(29)32)12-20(17)36-27(4,5)23(22)31/h7-13,18,21-23,31H,14H2,1-6H3,(H2,29,32)(H,30,33). The van der Waals surface area contributed by atoms with Gasteiger partial charge in [0, 0.05) is 23.6 Å². The Hall–Kier alpha value is -2.97. The number of rotatable bonds is 7. The smallest absolute Gasteiger partial charge is 0.407 e. The Kier molecular flexibility index (Phi) is 8.10. The molecule has 2 amide bonds. The van der Waals surface area contributed by atoms with Crippen molar-refractivity contribution in [3.8, 4) is 11.5 Å². The second-order valence-electron chi connectivity index (χ2n) is 10.6. The van der Waals surface area contributed by atoms with Crippen LogP contribution in [-0.2, 0) is 9.53 Å². The summed E-state index contributed by atoms with van der Waals surface area (Å²) in [4.78, 5) is 24.7. The molecule has 4 atom stereocenters. The number of halogens is 1. The third kappa shape index (κ3) is 5.87. The first-order valence-electron chi connectivity index (χ1n) is 11.8. The summed E-state index contributed by atoms with van der Waals surface area (Å²) in [6.45, 7) is 10.0. The van der Waals surface area contributed by atoms with E-state index in [1.807, 2.05) is 30.3 Å². The second kappa shape index (κ2) is 10.6. The van der Waals surface area contributed by atoms with Crippen molar-refractivity contribution in [3.63, 3.8) is 0 Å². The number of nitrogens with two attached hydrogens (primary N) is 1. The van der Waals surface area contributed by atoms with Gasteiger partial charge in [0.1, 0.15) is 28.6 Å². The van der Waals surface area contributed by atoms with Gasteiger partial charge in [-0.25, -0.2) is 4.79 Å². The predicted molar refractivity (Wildman–Crippen MR) is 137 cm³/mol. The molecule has 4 N–H and O–H groups in total. The van der Waals surface area contributed by atoms with Crippen LogP contribution >= 0.6 is 11.6 Å². The largest absolute Gasteiger partial charge is 0.496 e. The Balaban J connectivity index is 1.88. The Labute approximate surface area is 217 Å². The molecule has 3 rings (SSSR count). The van der Waals surface area contributed by atoms with Crippen LogP contribution in [0.3, 0.4) is 0 Å². The predicted octanol–water partition coefficient (Wildman–Crippen LogP) is 4.59. The van der Waals surface area contributed by atoms with Gasteiger partial charge in [-0.2, -0.15) is 0 Å². The number of benzene rings is 2. The van der Waals surface area contributed by atoms with Gasteiger partial charge in [0.05, 0.1) is 7.11 Å². The van der Waals surface area contributed by atoms with Crippen LogP contribution in [0.1, 0.15) is 68.7 Å². The molecule has 0 bridgehead atoms. The first kappa shape index (κ1) is 27.6. The summed E-state index contributed by atoms with van der Waals surface area (Å²) in [6, 6.07) is 13.0. The average Bonchev–Trinajstić information content (AvgIpc) is 2.80. The van der Waals surface area contributed by atoms with Crippen LogP contribution in [0, 0.1) is 5.41 Å². The number of ether oxygens (including phenoxy) is 3. The quantitative estimate of drug-likeness (QED) is 0.461. The first-order valence-corrected chi connectivity index (χ1v) is 12.2. The molecule has 36 heavy (non-hydrogen) atoms. The maximum Gasteiger partial charge on any atom is 0.407 e. The van der Waals surface area contributed by atoms with Crippen molar-refractivity contribution in [2.75, 3.05) is 13.7 Å². The molecule has 196 valence electrons. The molecule has 0 spiro atoms. The number of carbonyl (C=O) groups is 2. The number of primary amides is 1. The summed E-state index contributed by atoms with van der Waals surface area (Å²) < 4.78 is 17.1. The summed E-state index contributed by atoms with van der Waals surface area (Å²) in [7, 11) is 1.42. The lowest BCUT2D eigenvalue weighted by Gasteiger charge is -2.41. The van der Waals surface area contributed by atoms with E-state index in [1.54, 1.807) is 19.9 Å². The first-order chi connectivity index (χ1) is 16.8. The second-order valence-corrected chi connectivity index (χ2v) is 11.0. The maximum atomic E-state index is 13.0. The summed E-state index contributed by atoms with van der Waals surface area (Å²) in [6.07, 6.45) is -2.91. The number of methoxy groups -OCH3 is 1. The highest BCUT2D eigenvalue weighted by molar-refractivity contribution is 6.30. The molecule has 2 aromatic carbocycles. The summed E-state index contributed by atoms with van der Waals surface area (Å²) in [5.41, 5.74) is 5.97. The van der Waals surface area contributed by atoms with E-state index >= 15 is 0 Å². The fourth-order valence-electron chi connectivity index (χ4n) is 4.39. The number of hydrogen-bond donors (Lipinski definition) is 3. The van der Waals surface area contributed by atoms with Gasteiger partial charge in [-0.1, -0.05) is 51.1 Å². The van der Waals surface area contributed by atoms with E-state index in [1.165, 1.54) is 13.2 Å². The minimum Gasteiger partial charge on any atom is -0.496 e. The van der Waals surface area contributed by atoms with Crippen molar-refractivity contribution in [2.24, 2.45) is 11.1 Å². The molecule has 8 nitrogen and oxygen atoms in total. The number of nitrogens with one attached hydrogen (secondary N) is 1. The Morgan fingerprint density at radius 3 is 2.42 bits per heavy atom. The van der Waals surface area contributed by atoms with E-state index in [2.05, 4.69) is 26.1 Å². The minimum atomic E-state index is -1.18. The van der Waals surface area contributed by atoms with Crippen LogP contribution in [-0.4, -0.2) is 42.5 Å². The number of alkyl carbamates (subject to hydrolysis) is 1. The Bertz CT molecular complexity index is 1100. The van der Waals surface area contributed by atoms with Crippen LogP contribution in [0.2, 0.25) is 0 Å². The Morgan fingerprint density at radius 1 is 1.22 bits per heavy atom. The zero-order valence-electron chi connectivity index (χ0n) is 21.5. The van der Waals surface area contributed by atoms with Crippen molar-refractivity contribution in [1.82, 2.24) is 5.32 Å². The van der Waals surface area contributed by atoms with Gasteiger partial charge in [-0.15, -0.1) is 11.6 Å². The normalized spacial score (nSPS) is 20.3. The number of amides is 2. The molecule has 9 heteroatoms. The van der Waals surface area contributed by atoms with Crippen molar-refractivity contribution < 1.29 is 28.9 Å². The van der Waals surface area contributed by atoms with E-state index in [9.17, 15) is 14.7 Å². The summed E-state index contributed by atoms with van der Waals surface area (Å²) in [5, 5.41) is 12.7. The van der Waals surface area contributed by atoms with Crippen molar-refractivity contribution in [1.29, 1.82) is 0 Å². The molecule has 2 aromatic rings. The topological polar surface area (TPSA) is 120 Å². The highest BCUT2D eigenvalue weighted by atomic mass is 35.5. The summed E-state index contributed by atoms with van der Waals surface area (Å²) >= 11 is 6.19. The van der Waals surface area contributed by atoms with Gasteiger partial charge in [0.25, 0.3) is 0 Å². The molecule has 0 aliphatic carbocycles. The molecule has 0 saturated heterocycles. The van der Waals surface area contributed by atoms with Gasteiger partial charge < -0.3 is 30.4 Å². The number of fused-ring (bicyclic) bond motifs is 1. The lowest BCUT2D eigenvalue weighted by atomic mass is 9.76. The third-order valence-corrected chi connectivity index (χ3v) is 6.95. The van der Waals surface area contributed by atoms with Crippen LogP contribution in [0.4, 0.5) is 4.79 Å². The molecule has 1 aliphatic heterocycles. The number of alkyl halides is 1. The zero-order valence-corrected chi connectivity index (χ0v) is 22.3. The van der Waals surface area contributed by atoms with Crippen LogP contribution in [0.5, 0.6) is 11.5 Å². The van der Waals surface area contributed by atoms with Gasteiger partial charge in [-0.05, 0) is 37.0 Å². The highest BCUT2D eigenvalue weighted by Crippen LogP contribution is 2.46. The molecule has 0 saturated carbocycles. The number of hydrogen-bond acceptors (Lipinski definition) is 6. The highest BCUT2D eigenvalue weighted by Gasteiger charge is 2.46. The van der Waals surface area contributed by atoms with Crippen LogP contribution in [0.25, 0.3) is 0 Å². The zero-order chi connectivity index (χ0) is 26.8. The lowest BCUT2D eigenvalue weighted by Crippen LogP contribution is -2.50. The monoisotopic (exact) mass is 518 g/mol. The van der Waals surface area contributed by atoms with E-state index in [-0.39, 0.29) is 17.1 Å². The molecule has 1 heterocycles. The van der Waals surface area contributed by atoms with Crippen molar-refractivity contribution >= 4 is 23.6 Å². The molecular weight excluding hydrogens is 484 g/mol. The van der Waals surface area contributed by atoms with Gasteiger partial charge in [0.15, 0.2) is 6.10 Å². The van der Waals surface area contributed by atoms with E-state index < -0.39 is 35.2 Å². The molecule has 0 radical (unpaired) electrons. The molecule has 0 fully saturated rings. The summed E-state index contributed by atoms with van der Waals surface area (Å²) in [5.74, 6) is -0.146. The van der Waals surface area contributed by atoms with E-state index in [0.717, 1.165) is 5.56 Å². The third-order valence-electron chi connectivity index (χ3n) is 6.50. The fraction of sp³-hybridized carbons (Fsp3) is 0.481. The Morgan fingerprint density at radius 2 is 1.86 bits per heavy atom. The van der Waals surface area contributed by atoms with E-state index in [4.69, 9.17) is 31.5 Å². The maximum absolute atomic E-state index is 13.0. The van der Waals surface area contributed by atoms with Crippen molar-refractivity contribution in [3.05, 3.63) is 59.2 Å². The molecule has 0 aromatic heterocycles. The molecular formula is C27H35ClN2O6. The number of aliphatic hydroxyl groups is 1. The van der Waals surface area contributed by atoms with E-state index in [0.29, 0.717) is 23.4 Å². The SMILES string of the molecule is COc1cc2c(cc1C(Cl)C(N)=O)OC(C)(C)C(O)C2OC(=O)NCC(c1ccccc1)C(C)(C)C. The molecule has 4 unspecified atom stereocenters.